The molecular formula is C17H23N7O2. The largest absolute Gasteiger partial charge is 0.380 e. The van der Waals surface area contributed by atoms with Crippen molar-refractivity contribution in [3.8, 4) is 0 Å². The first-order valence-corrected chi connectivity index (χ1v) is 8.75. The predicted molar refractivity (Wildman–Crippen MR) is 96.0 cm³/mol. The van der Waals surface area contributed by atoms with Gasteiger partial charge in [0.05, 0.1) is 18.7 Å². The summed E-state index contributed by atoms with van der Waals surface area (Å²) in [6.45, 7) is 2.54. The smallest absolute Gasteiger partial charge is 0.241 e. The number of amides is 1. The zero-order valence-corrected chi connectivity index (χ0v) is 15.0. The summed E-state index contributed by atoms with van der Waals surface area (Å²) in [5, 5.41) is 0. The van der Waals surface area contributed by atoms with Crippen LogP contribution in [-0.4, -0.2) is 77.2 Å². The number of ether oxygens (including phenoxy) is 1. The molecule has 138 valence electrons. The molecule has 2 aliphatic heterocycles. The van der Waals surface area contributed by atoms with Gasteiger partial charge in [-0.3, -0.25) is 4.79 Å². The summed E-state index contributed by atoms with van der Waals surface area (Å²) in [5.74, 6) is 2.60. The molecule has 9 nitrogen and oxygen atoms in total. The minimum absolute atomic E-state index is 0.0758. The zero-order valence-electron chi connectivity index (χ0n) is 15.0. The van der Waals surface area contributed by atoms with Crippen LogP contribution in [0.3, 0.4) is 0 Å². The molecular weight excluding hydrogens is 334 g/mol. The number of piperazine rings is 1. The SMILES string of the molecule is CO[C@@H]1CC(c2ncc[nH]2)N(c2cc(N3CCN(C)C(=O)C3)ncn2)C1. The Kier molecular flexibility index (Phi) is 4.46. The normalized spacial score (nSPS) is 23.8. The molecule has 9 heteroatoms. The third kappa shape index (κ3) is 3.10. The van der Waals surface area contributed by atoms with E-state index in [0.717, 1.165) is 37.0 Å². The van der Waals surface area contributed by atoms with Crippen molar-refractivity contribution in [3.05, 3.63) is 30.6 Å². The Labute approximate surface area is 152 Å². The molecule has 2 aliphatic rings. The second-order valence-electron chi connectivity index (χ2n) is 6.71. The molecule has 4 heterocycles. The topological polar surface area (TPSA) is 90.5 Å². The highest BCUT2D eigenvalue weighted by Crippen LogP contribution is 2.35. The fourth-order valence-corrected chi connectivity index (χ4v) is 3.56. The number of rotatable bonds is 4. The third-order valence-electron chi connectivity index (χ3n) is 5.14. The minimum atomic E-state index is 0.0758. The van der Waals surface area contributed by atoms with Crippen LogP contribution in [0.1, 0.15) is 18.3 Å². The van der Waals surface area contributed by atoms with Crippen molar-refractivity contribution in [1.82, 2.24) is 24.8 Å². The Morgan fingerprint density at radius 2 is 2.08 bits per heavy atom. The Balaban J connectivity index is 1.60. The van der Waals surface area contributed by atoms with E-state index in [1.165, 1.54) is 0 Å². The average molecular weight is 357 g/mol. The van der Waals surface area contributed by atoms with E-state index in [2.05, 4.69) is 24.8 Å². The fourth-order valence-electron chi connectivity index (χ4n) is 3.56. The number of likely N-dealkylation sites (N-methyl/N-ethyl adjacent to an activating group) is 1. The van der Waals surface area contributed by atoms with Gasteiger partial charge >= 0.3 is 0 Å². The summed E-state index contributed by atoms with van der Waals surface area (Å²) in [5.41, 5.74) is 0. The summed E-state index contributed by atoms with van der Waals surface area (Å²) >= 11 is 0. The zero-order chi connectivity index (χ0) is 18.1. The van der Waals surface area contributed by atoms with Gasteiger partial charge in [-0.15, -0.1) is 0 Å². The maximum absolute atomic E-state index is 12.0. The Morgan fingerprint density at radius 1 is 1.23 bits per heavy atom. The van der Waals surface area contributed by atoms with E-state index in [1.54, 1.807) is 24.5 Å². The van der Waals surface area contributed by atoms with Crippen LogP contribution in [0.5, 0.6) is 0 Å². The van der Waals surface area contributed by atoms with E-state index in [1.807, 2.05) is 24.2 Å². The number of carbonyl (C=O) groups excluding carboxylic acids is 1. The van der Waals surface area contributed by atoms with E-state index in [4.69, 9.17) is 4.74 Å². The molecule has 2 aromatic heterocycles. The van der Waals surface area contributed by atoms with Gasteiger partial charge in [0.2, 0.25) is 5.91 Å². The van der Waals surface area contributed by atoms with Gasteiger partial charge in [-0.05, 0) is 0 Å². The van der Waals surface area contributed by atoms with Crippen LogP contribution in [0, 0.1) is 0 Å². The maximum Gasteiger partial charge on any atom is 0.241 e. The van der Waals surface area contributed by atoms with Gasteiger partial charge in [0.25, 0.3) is 0 Å². The summed E-state index contributed by atoms with van der Waals surface area (Å²) in [4.78, 5) is 34.4. The van der Waals surface area contributed by atoms with Gasteiger partial charge in [0.15, 0.2) is 0 Å². The summed E-state index contributed by atoms with van der Waals surface area (Å²) < 4.78 is 5.58. The van der Waals surface area contributed by atoms with E-state index < -0.39 is 0 Å². The fraction of sp³-hybridized carbons (Fsp3) is 0.529. The second-order valence-corrected chi connectivity index (χ2v) is 6.71. The number of hydrogen-bond donors (Lipinski definition) is 1. The number of anilines is 2. The van der Waals surface area contributed by atoms with Crippen LogP contribution >= 0.6 is 0 Å². The first-order chi connectivity index (χ1) is 12.7. The molecule has 1 N–H and O–H groups in total. The maximum atomic E-state index is 12.0. The first-order valence-electron chi connectivity index (χ1n) is 8.75. The lowest BCUT2D eigenvalue weighted by molar-refractivity contribution is -0.129. The number of nitrogens with zero attached hydrogens (tertiary/aromatic N) is 6. The van der Waals surface area contributed by atoms with Gasteiger partial charge in [-0.1, -0.05) is 0 Å². The van der Waals surface area contributed by atoms with Crippen molar-refractivity contribution < 1.29 is 9.53 Å². The molecule has 0 radical (unpaired) electrons. The standard InChI is InChI=1S/C17H23N7O2/c1-22-5-6-23(10-16(22)25)14-8-15(21-11-20-14)24-9-12(26-2)7-13(24)17-18-3-4-19-17/h3-4,8,11-13H,5-7,9-10H2,1-2H3,(H,18,19)/t12-,13?/m1/s1. The highest BCUT2D eigenvalue weighted by Gasteiger charge is 2.36. The van der Waals surface area contributed by atoms with Crippen LogP contribution in [0.2, 0.25) is 0 Å². The van der Waals surface area contributed by atoms with Crippen molar-refractivity contribution >= 4 is 17.5 Å². The Morgan fingerprint density at radius 3 is 2.81 bits per heavy atom. The van der Waals surface area contributed by atoms with Gasteiger partial charge in [-0.2, -0.15) is 0 Å². The van der Waals surface area contributed by atoms with Crippen molar-refractivity contribution in [2.45, 2.75) is 18.6 Å². The van der Waals surface area contributed by atoms with Gasteiger partial charge in [-0.25, -0.2) is 15.0 Å². The molecule has 1 unspecified atom stereocenters. The average Bonchev–Trinajstić information content (AvgIpc) is 3.33. The van der Waals surface area contributed by atoms with Crippen LogP contribution in [0.25, 0.3) is 0 Å². The number of aromatic nitrogens is 4. The molecule has 4 rings (SSSR count). The van der Waals surface area contributed by atoms with E-state index in [-0.39, 0.29) is 18.1 Å². The second kappa shape index (κ2) is 6.91. The van der Waals surface area contributed by atoms with Crippen LogP contribution in [0.4, 0.5) is 11.6 Å². The molecule has 2 fully saturated rings. The molecule has 0 aromatic carbocycles. The summed E-state index contributed by atoms with van der Waals surface area (Å²) in [7, 11) is 3.56. The number of H-pyrrole nitrogens is 1. The van der Waals surface area contributed by atoms with Crippen molar-refractivity contribution in [1.29, 1.82) is 0 Å². The van der Waals surface area contributed by atoms with E-state index in [0.29, 0.717) is 13.1 Å². The summed E-state index contributed by atoms with van der Waals surface area (Å²) in [6.07, 6.45) is 6.11. The number of methoxy groups -OCH3 is 1. The molecule has 0 bridgehead atoms. The third-order valence-corrected chi connectivity index (χ3v) is 5.14. The van der Waals surface area contributed by atoms with Crippen LogP contribution in [-0.2, 0) is 9.53 Å². The monoisotopic (exact) mass is 357 g/mol. The lowest BCUT2D eigenvalue weighted by Gasteiger charge is -2.33. The molecule has 2 saturated heterocycles. The number of carbonyl (C=O) groups is 1. The molecule has 0 aliphatic carbocycles. The molecule has 1 amide bonds. The highest BCUT2D eigenvalue weighted by molar-refractivity contribution is 5.82. The summed E-state index contributed by atoms with van der Waals surface area (Å²) in [6, 6.07) is 2.03. The number of hydrogen-bond acceptors (Lipinski definition) is 7. The molecule has 26 heavy (non-hydrogen) atoms. The molecule has 0 saturated carbocycles. The Bertz CT molecular complexity index is 766. The first kappa shape index (κ1) is 16.8. The van der Waals surface area contributed by atoms with E-state index >= 15 is 0 Å². The lowest BCUT2D eigenvalue weighted by atomic mass is 10.2. The predicted octanol–water partition coefficient (Wildman–Crippen LogP) is 0.445. The highest BCUT2D eigenvalue weighted by atomic mass is 16.5. The molecule has 2 aromatic rings. The van der Waals surface area contributed by atoms with Crippen molar-refractivity contribution in [2.75, 3.05) is 50.1 Å². The number of aromatic amines is 1. The minimum Gasteiger partial charge on any atom is -0.380 e. The Hall–Kier alpha value is -2.68. The van der Waals surface area contributed by atoms with E-state index in [9.17, 15) is 4.79 Å². The number of nitrogens with one attached hydrogen (secondary N) is 1. The molecule has 0 spiro atoms. The molecule has 2 atom stereocenters. The van der Waals surface area contributed by atoms with Gasteiger partial charge in [0, 0.05) is 58.7 Å². The van der Waals surface area contributed by atoms with Crippen molar-refractivity contribution in [2.24, 2.45) is 0 Å². The van der Waals surface area contributed by atoms with Crippen LogP contribution in [0.15, 0.2) is 24.8 Å². The number of imidazole rings is 1. The van der Waals surface area contributed by atoms with Crippen molar-refractivity contribution in [3.63, 3.8) is 0 Å². The van der Waals surface area contributed by atoms with Gasteiger partial charge in [0.1, 0.15) is 23.8 Å². The lowest BCUT2D eigenvalue weighted by Crippen LogP contribution is -2.48. The quantitative estimate of drug-likeness (QED) is 0.849. The van der Waals surface area contributed by atoms with Gasteiger partial charge < -0.3 is 24.4 Å². The van der Waals surface area contributed by atoms with Crippen LogP contribution < -0.4 is 9.80 Å².